The van der Waals surface area contributed by atoms with E-state index in [0.717, 1.165) is 29.4 Å². The van der Waals surface area contributed by atoms with Gasteiger partial charge in [0.15, 0.2) is 0 Å². The number of methoxy groups -OCH3 is 1. The maximum atomic E-state index is 5.73. The van der Waals surface area contributed by atoms with Gasteiger partial charge in [-0.15, -0.1) is 0 Å². The first-order valence-corrected chi connectivity index (χ1v) is 6.76. The normalized spacial score (nSPS) is 10.5. The quantitative estimate of drug-likeness (QED) is 0.746. The molecule has 106 valence electrons. The van der Waals surface area contributed by atoms with Gasteiger partial charge in [-0.1, -0.05) is 12.1 Å². The molecule has 0 saturated heterocycles. The molecule has 3 rings (SSSR count). The minimum absolute atomic E-state index is 0.747. The van der Waals surface area contributed by atoms with E-state index >= 15 is 0 Å². The van der Waals surface area contributed by atoms with Gasteiger partial charge in [0.25, 0.3) is 0 Å². The Kier molecular flexibility index (Phi) is 3.60. The molecule has 0 saturated carbocycles. The van der Waals surface area contributed by atoms with Crippen LogP contribution < -0.4 is 10.5 Å². The molecule has 4 nitrogen and oxygen atoms in total. The molecule has 4 heteroatoms. The number of nitrogen functional groups attached to an aromatic ring is 1. The highest BCUT2D eigenvalue weighted by Gasteiger charge is 2.06. The van der Waals surface area contributed by atoms with Gasteiger partial charge in [-0.05, 0) is 42.0 Å². The molecule has 0 aliphatic rings. The number of ether oxygens (including phenoxy) is 1. The van der Waals surface area contributed by atoms with Crippen molar-refractivity contribution in [3.05, 3.63) is 66.5 Å². The second-order valence-corrected chi connectivity index (χ2v) is 4.85. The molecule has 0 spiro atoms. The van der Waals surface area contributed by atoms with Gasteiger partial charge in [-0.3, -0.25) is 0 Å². The Morgan fingerprint density at radius 2 is 1.95 bits per heavy atom. The Balaban J connectivity index is 1.90. The number of benzene rings is 2. The molecular weight excluding hydrogens is 262 g/mol. The van der Waals surface area contributed by atoms with Crippen molar-refractivity contribution in [2.24, 2.45) is 0 Å². The lowest BCUT2D eigenvalue weighted by Crippen LogP contribution is -2.01. The molecule has 0 aliphatic heterocycles. The van der Waals surface area contributed by atoms with Crippen LogP contribution in [0.15, 0.2) is 60.9 Å². The number of rotatable bonds is 4. The summed E-state index contributed by atoms with van der Waals surface area (Å²) < 4.78 is 7.37. The van der Waals surface area contributed by atoms with Crippen LogP contribution in [0.5, 0.6) is 5.75 Å². The highest BCUT2D eigenvalue weighted by atomic mass is 16.5. The number of nitrogens with two attached hydrogens (primary N) is 1. The summed E-state index contributed by atoms with van der Waals surface area (Å²) in [7, 11) is 1.68. The van der Waals surface area contributed by atoms with Crippen LogP contribution in [0.1, 0.15) is 5.56 Å². The van der Waals surface area contributed by atoms with E-state index in [0.29, 0.717) is 0 Å². The Morgan fingerprint density at radius 1 is 1.14 bits per heavy atom. The van der Waals surface area contributed by atoms with E-state index in [1.54, 1.807) is 7.11 Å². The third kappa shape index (κ3) is 2.89. The highest BCUT2D eigenvalue weighted by Crippen LogP contribution is 2.21. The first-order valence-electron chi connectivity index (χ1n) is 6.76. The van der Waals surface area contributed by atoms with Crippen molar-refractivity contribution in [3.8, 4) is 17.1 Å². The molecule has 0 bridgehead atoms. The molecule has 0 aliphatic carbocycles. The molecule has 1 aromatic heterocycles. The van der Waals surface area contributed by atoms with E-state index in [1.165, 1.54) is 5.56 Å². The standard InChI is InChI=1S/C17H17N3O/c1-21-16-4-2-3-13(11-16)12-20-10-9-19-17(20)14-5-7-15(18)8-6-14/h2-11H,12,18H2,1H3. The molecule has 2 N–H and O–H groups in total. The largest absolute Gasteiger partial charge is 0.497 e. The summed E-state index contributed by atoms with van der Waals surface area (Å²) in [6, 6.07) is 15.8. The highest BCUT2D eigenvalue weighted by molar-refractivity contribution is 5.59. The third-order valence-corrected chi connectivity index (χ3v) is 3.37. The van der Waals surface area contributed by atoms with Gasteiger partial charge >= 0.3 is 0 Å². The zero-order valence-corrected chi connectivity index (χ0v) is 11.9. The molecule has 2 aromatic carbocycles. The zero-order valence-electron chi connectivity index (χ0n) is 11.9. The Hall–Kier alpha value is -2.75. The van der Waals surface area contributed by atoms with Crippen LogP contribution in [-0.2, 0) is 6.54 Å². The van der Waals surface area contributed by atoms with Crippen molar-refractivity contribution < 1.29 is 4.74 Å². The van der Waals surface area contributed by atoms with Crippen molar-refractivity contribution in [2.75, 3.05) is 12.8 Å². The van der Waals surface area contributed by atoms with Crippen LogP contribution in [0, 0.1) is 0 Å². The fourth-order valence-corrected chi connectivity index (χ4v) is 2.30. The molecule has 0 amide bonds. The lowest BCUT2D eigenvalue weighted by Gasteiger charge is -2.09. The SMILES string of the molecule is COc1cccc(Cn2ccnc2-c2ccc(N)cc2)c1. The third-order valence-electron chi connectivity index (χ3n) is 3.37. The van der Waals surface area contributed by atoms with Crippen LogP contribution in [0.2, 0.25) is 0 Å². The molecule has 3 aromatic rings. The molecular formula is C17H17N3O. The van der Waals surface area contributed by atoms with Gasteiger partial charge in [0.1, 0.15) is 11.6 Å². The van der Waals surface area contributed by atoms with E-state index in [9.17, 15) is 0 Å². The topological polar surface area (TPSA) is 53.1 Å². The molecule has 0 atom stereocenters. The Labute approximate surface area is 123 Å². The summed E-state index contributed by atoms with van der Waals surface area (Å²) in [4.78, 5) is 4.45. The van der Waals surface area contributed by atoms with Crippen LogP contribution >= 0.6 is 0 Å². The number of aromatic nitrogens is 2. The van der Waals surface area contributed by atoms with Crippen molar-refractivity contribution in [2.45, 2.75) is 6.54 Å². The molecule has 0 radical (unpaired) electrons. The smallest absolute Gasteiger partial charge is 0.140 e. The van der Waals surface area contributed by atoms with E-state index in [1.807, 2.05) is 54.9 Å². The fourth-order valence-electron chi connectivity index (χ4n) is 2.30. The lowest BCUT2D eigenvalue weighted by molar-refractivity contribution is 0.414. The van der Waals surface area contributed by atoms with Crippen LogP contribution in [-0.4, -0.2) is 16.7 Å². The van der Waals surface area contributed by atoms with E-state index < -0.39 is 0 Å². The van der Waals surface area contributed by atoms with Gasteiger partial charge < -0.3 is 15.0 Å². The van der Waals surface area contributed by atoms with Gasteiger partial charge in [-0.2, -0.15) is 0 Å². The average molecular weight is 279 g/mol. The van der Waals surface area contributed by atoms with E-state index in [2.05, 4.69) is 15.6 Å². The predicted molar refractivity (Wildman–Crippen MR) is 84.2 cm³/mol. The summed E-state index contributed by atoms with van der Waals surface area (Å²) in [5.74, 6) is 1.79. The number of hydrogen-bond acceptors (Lipinski definition) is 3. The minimum atomic E-state index is 0.747. The maximum Gasteiger partial charge on any atom is 0.140 e. The van der Waals surface area contributed by atoms with Crippen molar-refractivity contribution in [1.82, 2.24) is 9.55 Å². The summed E-state index contributed by atoms with van der Waals surface area (Å²) in [6.45, 7) is 0.747. The van der Waals surface area contributed by atoms with Crippen LogP contribution in [0.3, 0.4) is 0 Å². The molecule has 1 heterocycles. The van der Waals surface area contributed by atoms with Crippen molar-refractivity contribution in [1.29, 1.82) is 0 Å². The number of hydrogen-bond donors (Lipinski definition) is 1. The van der Waals surface area contributed by atoms with Crippen LogP contribution in [0.4, 0.5) is 5.69 Å². The van der Waals surface area contributed by atoms with Crippen molar-refractivity contribution >= 4 is 5.69 Å². The van der Waals surface area contributed by atoms with Gasteiger partial charge in [0.05, 0.1) is 7.11 Å². The summed E-state index contributed by atoms with van der Waals surface area (Å²) in [6.07, 6.45) is 3.79. The van der Waals surface area contributed by atoms with E-state index in [-0.39, 0.29) is 0 Å². The fraction of sp³-hybridized carbons (Fsp3) is 0.118. The number of imidazole rings is 1. The van der Waals surface area contributed by atoms with Gasteiger partial charge in [-0.25, -0.2) is 4.98 Å². The number of nitrogens with zero attached hydrogens (tertiary/aromatic N) is 2. The zero-order chi connectivity index (χ0) is 14.7. The van der Waals surface area contributed by atoms with Crippen LogP contribution in [0.25, 0.3) is 11.4 Å². The number of anilines is 1. The first-order chi connectivity index (χ1) is 10.3. The Morgan fingerprint density at radius 3 is 2.71 bits per heavy atom. The van der Waals surface area contributed by atoms with Gasteiger partial charge in [0, 0.05) is 30.2 Å². The Bertz CT molecular complexity index is 732. The molecule has 21 heavy (non-hydrogen) atoms. The summed E-state index contributed by atoms with van der Waals surface area (Å²) in [5.41, 5.74) is 8.71. The maximum absolute atomic E-state index is 5.73. The summed E-state index contributed by atoms with van der Waals surface area (Å²) in [5, 5.41) is 0. The lowest BCUT2D eigenvalue weighted by atomic mass is 10.2. The second-order valence-electron chi connectivity index (χ2n) is 4.85. The molecule has 0 fully saturated rings. The first kappa shape index (κ1) is 13.2. The average Bonchev–Trinajstić information content (AvgIpc) is 2.96. The van der Waals surface area contributed by atoms with Crippen molar-refractivity contribution in [3.63, 3.8) is 0 Å². The van der Waals surface area contributed by atoms with E-state index in [4.69, 9.17) is 10.5 Å². The minimum Gasteiger partial charge on any atom is -0.497 e. The monoisotopic (exact) mass is 279 g/mol. The second kappa shape index (κ2) is 5.71. The molecule has 0 unspecified atom stereocenters. The van der Waals surface area contributed by atoms with Gasteiger partial charge in [0.2, 0.25) is 0 Å². The summed E-state index contributed by atoms with van der Waals surface area (Å²) >= 11 is 0. The predicted octanol–water partition coefficient (Wildman–Crippen LogP) is 3.19.